The van der Waals surface area contributed by atoms with Crippen LogP contribution in [0.1, 0.15) is 40.6 Å². The Morgan fingerprint density at radius 1 is 1.04 bits per heavy atom. The fourth-order valence-electron chi connectivity index (χ4n) is 3.02. The maximum atomic E-state index is 5.20. The van der Waals surface area contributed by atoms with Gasteiger partial charge in [-0.25, -0.2) is 0 Å². The van der Waals surface area contributed by atoms with Crippen LogP contribution >= 0.6 is 24.0 Å². The van der Waals surface area contributed by atoms with E-state index >= 15 is 0 Å². The van der Waals surface area contributed by atoms with Crippen molar-refractivity contribution >= 4 is 29.9 Å². The highest BCUT2D eigenvalue weighted by Crippen LogP contribution is 2.12. The Morgan fingerprint density at radius 2 is 1.73 bits per heavy atom. The molecular formula is C20H31IN4O. The Morgan fingerprint density at radius 3 is 2.31 bits per heavy atom. The van der Waals surface area contributed by atoms with E-state index in [1.165, 1.54) is 16.7 Å². The third-order valence-corrected chi connectivity index (χ3v) is 4.14. The number of halogens is 1. The van der Waals surface area contributed by atoms with Gasteiger partial charge in [-0.3, -0.25) is 4.99 Å². The van der Waals surface area contributed by atoms with Crippen molar-refractivity contribution in [2.45, 2.75) is 47.5 Å². The van der Waals surface area contributed by atoms with E-state index in [1.807, 2.05) is 13.8 Å². The molecule has 6 heteroatoms. The van der Waals surface area contributed by atoms with Crippen LogP contribution in [0, 0.1) is 27.7 Å². The van der Waals surface area contributed by atoms with Gasteiger partial charge in [0, 0.05) is 25.2 Å². The summed E-state index contributed by atoms with van der Waals surface area (Å²) in [5, 5.41) is 10.7. The van der Waals surface area contributed by atoms with E-state index < -0.39 is 0 Å². The van der Waals surface area contributed by atoms with E-state index in [0.29, 0.717) is 6.54 Å². The first-order chi connectivity index (χ1) is 12.0. The van der Waals surface area contributed by atoms with Crippen LogP contribution in [0.25, 0.3) is 0 Å². The number of aromatic nitrogens is 1. The smallest absolute Gasteiger partial charge is 0.191 e. The summed E-state index contributed by atoms with van der Waals surface area (Å²) < 4.78 is 5.20. The minimum atomic E-state index is 0. The van der Waals surface area contributed by atoms with E-state index in [1.54, 1.807) is 0 Å². The third kappa shape index (κ3) is 6.97. The number of hydrogen-bond donors (Lipinski definition) is 2. The van der Waals surface area contributed by atoms with Crippen molar-refractivity contribution in [3.63, 3.8) is 0 Å². The van der Waals surface area contributed by atoms with Crippen molar-refractivity contribution < 1.29 is 4.52 Å². The number of guanidine groups is 1. The Balaban J connectivity index is 0.00000338. The Bertz CT molecular complexity index is 685. The van der Waals surface area contributed by atoms with Gasteiger partial charge in [0.25, 0.3) is 0 Å². The zero-order valence-electron chi connectivity index (χ0n) is 16.5. The second-order valence-electron chi connectivity index (χ2n) is 6.49. The molecule has 0 atom stereocenters. The van der Waals surface area contributed by atoms with Crippen LogP contribution in [0.15, 0.2) is 27.7 Å². The van der Waals surface area contributed by atoms with E-state index in [9.17, 15) is 0 Å². The molecule has 0 saturated carbocycles. The molecule has 5 nitrogen and oxygen atoms in total. The summed E-state index contributed by atoms with van der Waals surface area (Å²) in [6.07, 6.45) is 1.83. The van der Waals surface area contributed by atoms with Gasteiger partial charge in [-0.1, -0.05) is 34.5 Å². The molecule has 0 fully saturated rings. The quantitative estimate of drug-likeness (QED) is 0.367. The van der Waals surface area contributed by atoms with Crippen molar-refractivity contribution in [3.8, 4) is 0 Å². The molecule has 26 heavy (non-hydrogen) atoms. The molecule has 2 N–H and O–H groups in total. The van der Waals surface area contributed by atoms with Gasteiger partial charge in [0.2, 0.25) is 0 Å². The molecule has 0 spiro atoms. The number of hydrogen-bond acceptors (Lipinski definition) is 3. The molecule has 1 aromatic heterocycles. The zero-order valence-corrected chi connectivity index (χ0v) is 18.8. The predicted molar refractivity (Wildman–Crippen MR) is 119 cm³/mol. The number of nitrogens with one attached hydrogen (secondary N) is 2. The Hall–Kier alpha value is -1.57. The minimum absolute atomic E-state index is 0. The fraction of sp³-hybridized carbons (Fsp3) is 0.500. The first kappa shape index (κ1) is 22.5. The van der Waals surface area contributed by atoms with E-state index in [2.05, 4.69) is 59.8 Å². The fourth-order valence-corrected chi connectivity index (χ4v) is 3.02. The monoisotopic (exact) mass is 470 g/mol. The molecule has 0 saturated heterocycles. The van der Waals surface area contributed by atoms with Crippen LogP contribution in [-0.2, 0) is 12.8 Å². The summed E-state index contributed by atoms with van der Waals surface area (Å²) in [5.74, 6) is 1.75. The van der Waals surface area contributed by atoms with Crippen LogP contribution in [-0.4, -0.2) is 30.8 Å². The highest BCUT2D eigenvalue weighted by Gasteiger charge is 2.08. The first-order valence-electron chi connectivity index (χ1n) is 9.00. The summed E-state index contributed by atoms with van der Waals surface area (Å²) in [4.78, 5) is 4.66. The van der Waals surface area contributed by atoms with Crippen molar-refractivity contribution in [3.05, 3.63) is 51.9 Å². The topological polar surface area (TPSA) is 62.5 Å². The number of benzene rings is 1. The van der Waals surface area contributed by atoms with Gasteiger partial charge in [0.1, 0.15) is 5.76 Å². The standard InChI is InChI=1S/C20H30N4O.HI/c1-6-21-20(23-10-8-19-16(4)24-25-17(19)5)22-9-7-18-12-14(2)11-15(3)13-18;/h11-13H,6-10H2,1-5H3,(H2,21,22,23);1H. The lowest BCUT2D eigenvalue weighted by molar-refractivity contribution is 0.392. The van der Waals surface area contributed by atoms with E-state index in [4.69, 9.17) is 4.52 Å². The number of aliphatic imine (C=N–C) groups is 1. The maximum absolute atomic E-state index is 5.20. The first-order valence-corrected chi connectivity index (χ1v) is 9.00. The van der Waals surface area contributed by atoms with Gasteiger partial charge in [-0.2, -0.15) is 0 Å². The molecule has 0 aliphatic rings. The lowest BCUT2D eigenvalue weighted by Gasteiger charge is -2.12. The molecule has 2 rings (SSSR count). The van der Waals surface area contributed by atoms with Crippen LogP contribution in [0.5, 0.6) is 0 Å². The number of aryl methyl sites for hydroxylation is 4. The molecule has 0 bridgehead atoms. The molecule has 0 aliphatic carbocycles. The molecule has 1 heterocycles. The largest absolute Gasteiger partial charge is 0.361 e. The maximum Gasteiger partial charge on any atom is 0.191 e. The second kappa shape index (κ2) is 11.2. The molecule has 2 aromatic rings. The van der Waals surface area contributed by atoms with Gasteiger partial charge >= 0.3 is 0 Å². The van der Waals surface area contributed by atoms with Crippen molar-refractivity contribution in [2.75, 3.05) is 19.6 Å². The minimum Gasteiger partial charge on any atom is -0.361 e. The van der Waals surface area contributed by atoms with Crippen LogP contribution in [0.3, 0.4) is 0 Å². The Kier molecular flexibility index (Phi) is 9.69. The molecule has 1 aromatic carbocycles. The average Bonchev–Trinajstić information content (AvgIpc) is 2.86. The van der Waals surface area contributed by atoms with Crippen molar-refractivity contribution in [2.24, 2.45) is 4.99 Å². The van der Waals surface area contributed by atoms with Crippen LogP contribution in [0.2, 0.25) is 0 Å². The molecule has 0 radical (unpaired) electrons. The molecule has 0 amide bonds. The summed E-state index contributed by atoms with van der Waals surface area (Å²) in [6, 6.07) is 6.70. The predicted octanol–water partition coefficient (Wildman–Crippen LogP) is 3.87. The summed E-state index contributed by atoms with van der Waals surface area (Å²) in [7, 11) is 0. The SMILES string of the molecule is CCNC(=NCCc1c(C)noc1C)NCCc1cc(C)cc(C)c1.I. The van der Waals surface area contributed by atoms with Gasteiger partial charge in [-0.05, 0) is 53.0 Å². The number of rotatable bonds is 7. The summed E-state index contributed by atoms with van der Waals surface area (Å²) >= 11 is 0. The van der Waals surface area contributed by atoms with Gasteiger partial charge < -0.3 is 15.2 Å². The lowest BCUT2D eigenvalue weighted by atomic mass is 10.1. The molecule has 144 valence electrons. The van der Waals surface area contributed by atoms with Gasteiger partial charge in [-0.15, -0.1) is 24.0 Å². The van der Waals surface area contributed by atoms with Crippen molar-refractivity contribution in [1.29, 1.82) is 0 Å². The Labute approximate surface area is 174 Å². The number of nitrogens with zero attached hydrogens (tertiary/aromatic N) is 2. The third-order valence-electron chi connectivity index (χ3n) is 4.14. The highest BCUT2D eigenvalue weighted by atomic mass is 127. The molecule has 0 aliphatic heterocycles. The summed E-state index contributed by atoms with van der Waals surface area (Å²) in [5.41, 5.74) is 6.11. The van der Waals surface area contributed by atoms with Gasteiger partial charge in [0.05, 0.1) is 5.69 Å². The molecular weight excluding hydrogens is 439 g/mol. The second-order valence-corrected chi connectivity index (χ2v) is 6.49. The lowest BCUT2D eigenvalue weighted by Crippen LogP contribution is -2.38. The van der Waals surface area contributed by atoms with Crippen LogP contribution < -0.4 is 10.6 Å². The molecule has 0 unspecified atom stereocenters. The average molecular weight is 470 g/mol. The van der Waals surface area contributed by atoms with E-state index in [-0.39, 0.29) is 24.0 Å². The summed E-state index contributed by atoms with van der Waals surface area (Å²) in [6.45, 7) is 12.7. The van der Waals surface area contributed by atoms with E-state index in [0.717, 1.165) is 48.9 Å². The van der Waals surface area contributed by atoms with Gasteiger partial charge in [0.15, 0.2) is 5.96 Å². The van der Waals surface area contributed by atoms with Crippen LogP contribution in [0.4, 0.5) is 0 Å². The zero-order chi connectivity index (χ0) is 18.2. The normalized spacial score (nSPS) is 11.2. The van der Waals surface area contributed by atoms with Crippen molar-refractivity contribution in [1.82, 2.24) is 15.8 Å². The highest BCUT2D eigenvalue weighted by molar-refractivity contribution is 14.0.